The van der Waals surface area contributed by atoms with Crippen LogP contribution in [0.4, 0.5) is 0 Å². The minimum Gasteiger partial charge on any atom is -0.493 e. The van der Waals surface area contributed by atoms with Gasteiger partial charge in [-0.2, -0.15) is 10.2 Å². The number of aryl methyl sites for hydroxylation is 2. The largest absolute Gasteiger partial charge is 0.493 e. The van der Waals surface area contributed by atoms with Crippen molar-refractivity contribution in [2.45, 2.75) is 6.92 Å². The van der Waals surface area contributed by atoms with Gasteiger partial charge in [0.2, 0.25) is 0 Å². The summed E-state index contributed by atoms with van der Waals surface area (Å²) < 4.78 is 11.6. The molecule has 2 N–H and O–H groups in total. The molecule has 0 saturated heterocycles. The van der Waals surface area contributed by atoms with Crippen LogP contribution in [-0.2, 0) is 7.05 Å². The molecule has 25 heavy (non-hydrogen) atoms. The van der Waals surface area contributed by atoms with Crippen molar-refractivity contribution in [1.82, 2.24) is 15.2 Å². The molecule has 2 rings (SSSR count). The summed E-state index contributed by atoms with van der Waals surface area (Å²) in [6.07, 6.45) is 1.23. The normalized spacial score (nSPS) is 10.7. The molecule has 0 aliphatic heterocycles. The second-order valence-electron chi connectivity index (χ2n) is 5.06. The van der Waals surface area contributed by atoms with E-state index < -0.39 is 11.9 Å². The van der Waals surface area contributed by atoms with Crippen LogP contribution in [0.5, 0.6) is 11.5 Å². The molecule has 1 aromatic heterocycles. The van der Waals surface area contributed by atoms with Gasteiger partial charge in [0.15, 0.2) is 11.5 Å². The number of carbonyl (C=O) groups excluding carboxylic acids is 1. The van der Waals surface area contributed by atoms with E-state index >= 15 is 0 Å². The number of hydrazone groups is 1. The van der Waals surface area contributed by atoms with Crippen LogP contribution in [0, 0.1) is 6.92 Å². The van der Waals surface area contributed by atoms with Crippen molar-refractivity contribution >= 4 is 18.1 Å². The number of carboxylic acid groups (broad SMARTS) is 1. The monoisotopic (exact) mass is 346 g/mol. The van der Waals surface area contributed by atoms with Gasteiger partial charge in [-0.05, 0) is 25.1 Å². The van der Waals surface area contributed by atoms with Crippen LogP contribution in [-0.4, -0.2) is 47.2 Å². The summed E-state index contributed by atoms with van der Waals surface area (Å²) in [5.41, 5.74) is 3.51. The number of amides is 1. The standard InChI is InChI=1S/C16H18N4O5/c1-9-7-11(20(2)19-9)15(21)18-17-8-10-5-6-12(24-3)14(25-4)13(10)16(22)23/h5-8H,1-4H3,(H,18,21)(H,22,23). The van der Waals surface area contributed by atoms with Gasteiger partial charge in [0.25, 0.3) is 5.91 Å². The number of carbonyl (C=O) groups is 2. The number of ether oxygens (including phenoxy) is 2. The molecule has 1 amide bonds. The highest BCUT2D eigenvalue weighted by molar-refractivity contribution is 6.02. The smallest absolute Gasteiger partial charge is 0.340 e. The summed E-state index contributed by atoms with van der Waals surface area (Å²) in [6.45, 7) is 1.77. The highest BCUT2D eigenvalue weighted by Crippen LogP contribution is 2.32. The minimum atomic E-state index is -1.20. The Bertz CT molecular complexity index is 841. The number of hydrogen-bond donors (Lipinski definition) is 2. The van der Waals surface area contributed by atoms with Gasteiger partial charge >= 0.3 is 5.97 Å². The maximum Gasteiger partial charge on any atom is 0.340 e. The molecular weight excluding hydrogens is 328 g/mol. The lowest BCUT2D eigenvalue weighted by Gasteiger charge is -2.12. The molecule has 0 aliphatic carbocycles. The van der Waals surface area contributed by atoms with E-state index in [0.29, 0.717) is 11.4 Å². The fourth-order valence-corrected chi connectivity index (χ4v) is 2.31. The zero-order valence-corrected chi connectivity index (χ0v) is 14.2. The summed E-state index contributed by atoms with van der Waals surface area (Å²) >= 11 is 0. The average Bonchev–Trinajstić information content (AvgIpc) is 2.92. The van der Waals surface area contributed by atoms with E-state index in [1.54, 1.807) is 26.1 Å². The number of rotatable bonds is 6. The minimum absolute atomic E-state index is 0.0764. The van der Waals surface area contributed by atoms with Crippen molar-refractivity contribution in [2.75, 3.05) is 14.2 Å². The molecule has 0 radical (unpaired) electrons. The first-order valence-electron chi connectivity index (χ1n) is 7.21. The molecule has 1 aromatic carbocycles. The number of benzene rings is 1. The van der Waals surface area contributed by atoms with Crippen molar-refractivity contribution < 1.29 is 24.2 Å². The predicted octanol–water partition coefficient (Wildman–Crippen LogP) is 1.21. The van der Waals surface area contributed by atoms with Crippen LogP contribution in [0.25, 0.3) is 0 Å². The Kier molecular flexibility index (Phi) is 5.38. The van der Waals surface area contributed by atoms with Gasteiger partial charge in [0.05, 0.1) is 26.1 Å². The van der Waals surface area contributed by atoms with Crippen LogP contribution < -0.4 is 14.9 Å². The molecule has 0 atom stereocenters. The van der Waals surface area contributed by atoms with Crippen LogP contribution in [0.15, 0.2) is 23.3 Å². The third-order valence-electron chi connectivity index (χ3n) is 3.40. The molecule has 0 saturated carbocycles. The van der Waals surface area contributed by atoms with E-state index in [0.717, 1.165) is 0 Å². The highest BCUT2D eigenvalue weighted by Gasteiger charge is 2.20. The van der Waals surface area contributed by atoms with E-state index in [1.165, 1.54) is 31.2 Å². The summed E-state index contributed by atoms with van der Waals surface area (Å²) in [6, 6.07) is 4.68. The number of nitrogens with one attached hydrogen (secondary N) is 1. The topological polar surface area (TPSA) is 115 Å². The molecule has 1 heterocycles. The van der Waals surface area contributed by atoms with Gasteiger partial charge < -0.3 is 14.6 Å². The van der Waals surface area contributed by atoms with Gasteiger partial charge in [-0.3, -0.25) is 9.48 Å². The number of aromatic nitrogens is 2. The first kappa shape index (κ1) is 18.0. The number of hydrogen-bond acceptors (Lipinski definition) is 6. The Balaban J connectivity index is 2.27. The molecule has 0 fully saturated rings. The van der Waals surface area contributed by atoms with E-state index in [9.17, 15) is 14.7 Å². The Hall–Kier alpha value is -3.36. The molecule has 0 spiro atoms. The molecule has 0 aliphatic rings. The molecule has 0 bridgehead atoms. The van der Waals surface area contributed by atoms with Gasteiger partial charge in [-0.25, -0.2) is 10.2 Å². The van der Waals surface area contributed by atoms with Gasteiger partial charge in [-0.1, -0.05) is 0 Å². The maximum atomic E-state index is 12.1. The average molecular weight is 346 g/mol. The van der Waals surface area contributed by atoms with Crippen LogP contribution >= 0.6 is 0 Å². The zero-order chi connectivity index (χ0) is 18.6. The molecule has 9 heteroatoms. The Labute approximate surface area is 143 Å². The first-order chi connectivity index (χ1) is 11.9. The molecule has 0 unspecified atom stereocenters. The van der Waals surface area contributed by atoms with E-state index in [-0.39, 0.29) is 22.6 Å². The molecular formula is C16H18N4O5. The Morgan fingerprint density at radius 2 is 2.04 bits per heavy atom. The Morgan fingerprint density at radius 3 is 2.56 bits per heavy atom. The number of aromatic carboxylic acids is 1. The van der Waals surface area contributed by atoms with Gasteiger partial charge in [-0.15, -0.1) is 0 Å². The quantitative estimate of drug-likeness (QED) is 0.600. The fraction of sp³-hybridized carbons (Fsp3) is 0.250. The highest BCUT2D eigenvalue weighted by atomic mass is 16.5. The lowest BCUT2D eigenvalue weighted by molar-refractivity contribution is 0.0692. The van der Waals surface area contributed by atoms with E-state index in [4.69, 9.17) is 9.47 Å². The lowest BCUT2D eigenvalue weighted by Crippen LogP contribution is -2.21. The SMILES string of the molecule is COc1ccc(C=NNC(=O)c2cc(C)nn2C)c(C(=O)O)c1OC. The molecule has 132 valence electrons. The molecule has 9 nitrogen and oxygen atoms in total. The molecule has 2 aromatic rings. The third kappa shape index (κ3) is 3.77. The number of nitrogens with zero attached hydrogens (tertiary/aromatic N) is 3. The van der Waals surface area contributed by atoms with Gasteiger partial charge in [0, 0.05) is 12.6 Å². The first-order valence-corrected chi connectivity index (χ1v) is 7.21. The van der Waals surface area contributed by atoms with Crippen molar-refractivity contribution in [1.29, 1.82) is 0 Å². The second-order valence-corrected chi connectivity index (χ2v) is 5.06. The van der Waals surface area contributed by atoms with Crippen molar-refractivity contribution in [3.05, 3.63) is 40.7 Å². The predicted molar refractivity (Wildman–Crippen MR) is 89.5 cm³/mol. The van der Waals surface area contributed by atoms with Gasteiger partial charge in [0.1, 0.15) is 11.3 Å². The van der Waals surface area contributed by atoms with Crippen LogP contribution in [0.1, 0.15) is 32.1 Å². The summed E-state index contributed by atoms with van der Waals surface area (Å²) in [5.74, 6) is -1.30. The van der Waals surface area contributed by atoms with Crippen molar-refractivity contribution in [2.24, 2.45) is 12.1 Å². The van der Waals surface area contributed by atoms with Crippen LogP contribution in [0.2, 0.25) is 0 Å². The Morgan fingerprint density at radius 1 is 1.32 bits per heavy atom. The summed E-state index contributed by atoms with van der Waals surface area (Å²) in [7, 11) is 4.40. The fourth-order valence-electron chi connectivity index (χ4n) is 2.31. The zero-order valence-electron chi connectivity index (χ0n) is 14.2. The third-order valence-corrected chi connectivity index (χ3v) is 3.40. The number of carboxylic acids is 1. The second kappa shape index (κ2) is 7.47. The number of methoxy groups -OCH3 is 2. The van der Waals surface area contributed by atoms with E-state index in [2.05, 4.69) is 15.6 Å². The van der Waals surface area contributed by atoms with E-state index in [1.807, 2.05) is 0 Å². The summed E-state index contributed by atoms with van der Waals surface area (Å²) in [5, 5.41) is 17.3. The lowest BCUT2D eigenvalue weighted by atomic mass is 10.1. The summed E-state index contributed by atoms with van der Waals surface area (Å²) in [4.78, 5) is 23.6. The van der Waals surface area contributed by atoms with Crippen molar-refractivity contribution in [3.63, 3.8) is 0 Å². The maximum absolute atomic E-state index is 12.1. The van der Waals surface area contributed by atoms with Crippen LogP contribution in [0.3, 0.4) is 0 Å². The van der Waals surface area contributed by atoms with Crippen molar-refractivity contribution in [3.8, 4) is 11.5 Å².